The van der Waals surface area contributed by atoms with Gasteiger partial charge >= 0.3 is 0 Å². The third kappa shape index (κ3) is 3.12. The first-order valence-electron chi connectivity index (χ1n) is 6.52. The maximum absolute atomic E-state index is 12.1. The van der Waals surface area contributed by atoms with Gasteiger partial charge in [0.05, 0.1) is 0 Å². The highest BCUT2D eigenvalue weighted by Gasteiger charge is 2.27. The van der Waals surface area contributed by atoms with E-state index in [4.69, 9.17) is 11.5 Å². The number of benzene rings is 1. The van der Waals surface area contributed by atoms with Crippen molar-refractivity contribution in [2.45, 2.75) is 25.3 Å². The summed E-state index contributed by atoms with van der Waals surface area (Å²) < 4.78 is 0. The molecule has 1 saturated carbocycles. The Bertz CT molecular complexity index is 470. The van der Waals surface area contributed by atoms with Crippen molar-refractivity contribution >= 4 is 11.8 Å². The Kier molecular flexibility index (Phi) is 4.16. The standard InChI is InChI=1S/C14H19N3O2/c15-8-11-2-1-3-12(11)17-14(19)10-6-4-9(5-7-10)13(16)18/h4-7,11-12H,1-3,8,15H2,(H2,16,18)(H,17,19). The minimum absolute atomic E-state index is 0.124. The minimum Gasteiger partial charge on any atom is -0.366 e. The van der Waals surface area contributed by atoms with Crippen LogP contribution in [0, 0.1) is 5.92 Å². The van der Waals surface area contributed by atoms with Gasteiger partial charge in [0.15, 0.2) is 0 Å². The fraction of sp³-hybridized carbons (Fsp3) is 0.429. The van der Waals surface area contributed by atoms with E-state index in [0.29, 0.717) is 23.6 Å². The molecule has 0 heterocycles. The van der Waals surface area contributed by atoms with Gasteiger partial charge in [0.25, 0.3) is 5.91 Å². The second-order valence-electron chi connectivity index (χ2n) is 4.95. The van der Waals surface area contributed by atoms with Crippen molar-refractivity contribution in [1.82, 2.24) is 5.32 Å². The highest BCUT2D eigenvalue weighted by molar-refractivity contribution is 5.97. The summed E-state index contributed by atoms with van der Waals surface area (Å²) >= 11 is 0. The SMILES string of the molecule is NCC1CCCC1NC(=O)c1ccc(C(N)=O)cc1. The largest absolute Gasteiger partial charge is 0.366 e. The van der Waals surface area contributed by atoms with Crippen LogP contribution in [0.2, 0.25) is 0 Å². The summed E-state index contributed by atoms with van der Waals surface area (Å²) in [6.07, 6.45) is 3.16. The molecule has 1 aromatic rings. The fourth-order valence-corrected chi connectivity index (χ4v) is 2.55. The van der Waals surface area contributed by atoms with Crippen LogP contribution in [0.4, 0.5) is 0 Å². The third-order valence-electron chi connectivity index (χ3n) is 3.71. The molecular formula is C14H19N3O2. The Morgan fingerprint density at radius 2 is 1.79 bits per heavy atom. The maximum Gasteiger partial charge on any atom is 0.251 e. The van der Waals surface area contributed by atoms with E-state index in [0.717, 1.165) is 19.3 Å². The van der Waals surface area contributed by atoms with Crippen LogP contribution in [0.25, 0.3) is 0 Å². The van der Waals surface area contributed by atoms with Crippen LogP contribution >= 0.6 is 0 Å². The second kappa shape index (κ2) is 5.84. The molecule has 2 atom stereocenters. The van der Waals surface area contributed by atoms with E-state index in [1.165, 1.54) is 0 Å². The zero-order valence-electron chi connectivity index (χ0n) is 10.8. The van der Waals surface area contributed by atoms with Crippen molar-refractivity contribution in [2.24, 2.45) is 17.4 Å². The van der Waals surface area contributed by atoms with E-state index >= 15 is 0 Å². The average Bonchev–Trinajstić information content (AvgIpc) is 2.86. The predicted molar refractivity (Wildman–Crippen MR) is 72.6 cm³/mol. The lowest BCUT2D eigenvalue weighted by molar-refractivity contribution is 0.0927. The van der Waals surface area contributed by atoms with Crippen molar-refractivity contribution in [1.29, 1.82) is 0 Å². The lowest BCUT2D eigenvalue weighted by Crippen LogP contribution is -2.39. The molecule has 2 unspecified atom stereocenters. The molecule has 0 radical (unpaired) electrons. The minimum atomic E-state index is -0.494. The van der Waals surface area contributed by atoms with Gasteiger partial charge < -0.3 is 16.8 Å². The summed E-state index contributed by atoms with van der Waals surface area (Å²) in [5, 5.41) is 3.01. The molecular weight excluding hydrogens is 242 g/mol. The maximum atomic E-state index is 12.1. The number of nitrogens with two attached hydrogens (primary N) is 2. The highest BCUT2D eigenvalue weighted by Crippen LogP contribution is 2.24. The summed E-state index contributed by atoms with van der Waals surface area (Å²) in [4.78, 5) is 23.0. The molecule has 1 fully saturated rings. The zero-order valence-corrected chi connectivity index (χ0v) is 10.8. The normalized spacial score (nSPS) is 22.2. The number of carbonyl (C=O) groups is 2. The molecule has 102 valence electrons. The monoisotopic (exact) mass is 261 g/mol. The summed E-state index contributed by atoms with van der Waals surface area (Å²) in [6, 6.07) is 6.51. The van der Waals surface area contributed by atoms with Gasteiger partial charge in [-0.15, -0.1) is 0 Å². The molecule has 5 heteroatoms. The average molecular weight is 261 g/mol. The van der Waals surface area contributed by atoms with E-state index in [1.807, 2.05) is 0 Å². The van der Waals surface area contributed by atoms with Gasteiger partial charge in [-0.25, -0.2) is 0 Å². The topological polar surface area (TPSA) is 98.2 Å². The van der Waals surface area contributed by atoms with Gasteiger partial charge in [-0.3, -0.25) is 9.59 Å². The van der Waals surface area contributed by atoms with Crippen LogP contribution in [0.3, 0.4) is 0 Å². The van der Waals surface area contributed by atoms with Gasteiger partial charge in [-0.2, -0.15) is 0 Å². The molecule has 5 N–H and O–H groups in total. The Balaban J connectivity index is 2.01. The summed E-state index contributed by atoms with van der Waals surface area (Å²) in [5.74, 6) is -0.249. The number of primary amides is 1. The first-order valence-corrected chi connectivity index (χ1v) is 6.52. The van der Waals surface area contributed by atoms with Crippen molar-refractivity contribution < 1.29 is 9.59 Å². The van der Waals surface area contributed by atoms with Gasteiger partial charge in [-0.05, 0) is 49.6 Å². The summed E-state index contributed by atoms with van der Waals surface area (Å²) in [5.41, 5.74) is 11.8. The van der Waals surface area contributed by atoms with Crippen LogP contribution < -0.4 is 16.8 Å². The van der Waals surface area contributed by atoms with Crippen LogP contribution in [0.15, 0.2) is 24.3 Å². The number of amides is 2. The smallest absolute Gasteiger partial charge is 0.251 e. The quantitative estimate of drug-likeness (QED) is 0.741. The zero-order chi connectivity index (χ0) is 13.8. The number of hydrogen-bond donors (Lipinski definition) is 3. The second-order valence-corrected chi connectivity index (χ2v) is 4.95. The van der Waals surface area contributed by atoms with E-state index in [9.17, 15) is 9.59 Å². The highest BCUT2D eigenvalue weighted by atomic mass is 16.2. The first kappa shape index (κ1) is 13.5. The number of nitrogens with one attached hydrogen (secondary N) is 1. The molecule has 0 aliphatic heterocycles. The van der Waals surface area contributed by atoms with E-state index in [-0.39, 0.29) is 11.9 Å². The van der Waals surface area contributed by atoms with Gasteiger partial charge in [0.1, 0.15) is 0 Å². The Morgan fingerprint density at radius 3 is 2.37 bits per heavy atom. The van der Waals surface area contributed by atoms with Crippen LogP contribution in [0.1, 0.15) is 40.0 Å². The molecule has 2 amide bonds. The van der Waals surface area contributed by atoms with Crippen molar-refractivity contribution in [2.75, 3.05) is 6.54 Å². The Labute approximate surface area is 112 Å². The molecule has 19 heavy (non-hydrogen) atoms. The molecule has 0 saturated heterocycles. The lowest BCUT2D eigenvalue weighted by atomic mass is 10.0. The Morgan fingerprint density at radius 1 is 1.16 bits per heavy atom. The number of rotatable bonds is 4. The van der Waals surface area contributed by atoms with Crippen LogP contribution in [-0.2, 0) is 0 Å². The summed E-state index contributed by atoms with van der Waals surface area (Å²) in [7, 11) is 0. The van der Waals surface area contributed by atoms with Crippen molar-refractivity contribution in [3.8, 4) is 0 Å². The first-order chi connectivity index (χ1) is 9.11. The van der Waals surface area contributed by atoms with E-state index < -0.39 is 5.91 Å². The number of carbonyl (C=O) groups excluding carboxylic acids is 2. The molecule has 0 aromatic heterocycles. The van der Waals surface area contributed by atoms with Gasteiger partial charge in [-0.1, -0.05) is 6.42 Å². The molecule has 1 aliphatic carbocycles. The van der Waals surface area contributed by atoms with Crippen LogP contribution in [-0.4, -0.2) is 24.4 Å². The van der Waals surface area contributed by atoms with Crippen molar-refractivity contribution in [3.05, 3.63) is 35.4 Å². The molecule has 0 bridgehead atoms. The molecule has 2 rings (SSSR count). The molecule has 5 nitrogen and oxygen atoms in total. The Hall–Kier alpha value is -1.88. The molecule has 1 aromatic carbocycles. The van der Waals surface area contributed by atoms with Gasteiger partial charge in [0, 0.05) is 17.2 Å². The third-order valence-corrected chi connectivity index (χ3v) is 3.71. The van der Waals surface area contributed by atoms with Crippen molar-refractivity contribution in [3.63, 3.8) is 0 Å². The fourth-order valence-electron chi connectivity index (χ4n) is 2.55. The van der Waals surface area contributed by atoms with E-state index in [1.54, 1.807) is 24.3 Å². The van der Waals surface area contributed by atoms with Crippen LogP contribution in [0.5, 0.6) is 0 Å². The number of hydrogen-bond acceptors (Lipinski definition) is 3. The van der Waals surface area contributed by atoms with Gasteiger partial charge in [0.2, 0.25) is 5.91 Å². The predicted octanol–water partition coefficient (Wildman–Crippen LogP) is 0.643. The molecule has 0 spiro atoms. The summed E-state index contributed by atoms with van der Waals surface area (Å²) in [6.45, 7) is 0.603. The lowest BCUT2D eigenvalue weighted by Gasteiger charge is -2.19. The van der Waals surface area contributed by atoms with E-state index in [2.05, 4.69) is 5.32 Å². The molecule has 1 aliphatic rings.